The number of nitriles is 1. The Morgan fingerprint density at radius 3 is 2.74 bits per heavy atom. The summed E-state index contributed by atoms with van der Waals surface area (Å²) in [6.45, 7) is 3.93. The summed E-state index contributed by atoms with van der Waals surface area (Å²) in [5, 5.41) is 11.1. The molecule has 136 valence electrons. The third-order valence-electron chi connectivity index (χ3n) is 3.76. The van der Waals surface area contributed by atoms with Crippen LogP contribution in [0.15, 0.2) is 46.6 Å². The minimum atomic E-state index is -0.469. The molecule has 0 fully saturated rings. The minimum absolute atomic E-state index is 0.0198. The summed E-state index contributed by atoms with van der Waals surface area (Å²) >= 11 is 1.29. The van der Waals surface area contributed by atoms with Gasteiger partial charge in [0, 0.05) is 11.3 Å². The van der Waals surface area contributed by atoms with Gasteiger partial charge in [-0.05, 0) is 49.1 Å². The largest absolute Gasteiger partial charge is 0.490 e. The number of hydrogen-bond acceptors (Lipinski definition) is 6. The van der Waals surface area contributed by atoms with Gasteiger partial charge in [0.2, 0.25) is 0 Å². The van der Waals surface area contributed by atoms with Crippen LogP contribution in [0.25, 0.3) is 11.1 Å². The van der Waals surface area contributed by atoms with E-state index in [1.807, 2.05) is 13.0 Å². The molecule has 0 spiro atoms. The van der Waals surface area contributed by atoms with Crippen molar-refractivity contribution in [3.05, 3.63) is 68.3 Å². The number of hydrogen-bond donors (Lipinski definition) is 1. The maximum absolute atomic E-state index is 12.2. The first-order chi connectivity index (χ1) is 13.0. The molecule has 6 nitrogen and oxygen atoms in total. The van der Waals surface area contributed by atoms with Crippen molar-refractivity contribution in [3.8, 4) is 28.7 Å². The second-order valence-electron chi connectivity index (χ2n) is 5.64. The summed E-state index contributed by atoms with van der Waals surface area (Å²) < 4.78 is 11.1. The molecule has 1 aromatic carbocycles. The Labute approximate surface area is 159 Å². The van der Waals surface area contributed by atoms with Crippen molar-refractivity contribution in [3.63, 3.8) is 0 Å². The molecular formula is C20H16N2O4S. The van der Waals surface area contributed by atoms with Gasteiger partial charge in [-0.3, -0.25) is 4.79 Å². The first-order valence-electron chi connectivity index (χ1n) is 8.20. The standard InChI is InChI=1S/C20H16N2O4S/c1-3-25-17-10-13(14-9-12(2)22-19(23)15(14)11-21)6-7-16(17)26-20(24)18-5-4-8-27-18/h4-10H,3H2,1-2H3,(H,22,23). The summed E-state index contributed by atoms with van der Waals surface area (Å²) in [6.07, 6.45) is 0. The molecule has 0 atom stereocenters. The van der Waals surface area contributed by atoms with Crippen molar-refractivity contribution >= 4 is 17.3 Å². The molecule has 3 rings (SSSR count). The molecule has 2 heterocycles. The zero-order valence-corrected chi connectivity index (χ0v) is 15.6. The number of nitrogens with zero attached hydrogens (tertiary/aromatic N) is 1. The quantitative estimate of drug-likeness (QED) is 0.535. The van der Waals surface area contributed by atoms with Gasteiger partial charge in [-0.15, -0.1) is 11.3 Å². The lowest BCUT2D eigenvalue weighted by Crippen LogP contribution is -2.13. The van der Waals surface area contributed by atoms with Crippen molar-refractivity contribution < 1.29 is 14.3 Å². The van der Waals surface area contributed by atoms with Crippen LogP contribution in [0.4, 0.5) is 0 Å². The SMILES string of the molecule is CCOc1cc(-c2cc(C)[nH]c(=O)c2C#N)ccc1OC(=O)c1cccs1. The highest BCUT2D eigenvalue weighted by Crippen LogP contribution is 2.34. The topological polar surface area (TPSA) is 92.2 Å². The first-order valence-corrected chi connectivity index (χ1v) is 9.08. The minimum Gasteiger partial charge on any atom is -0.490 e. The predicted molar refractivity (Wildman–Crippen MR) is 102 cm³/mol. The van der Waals surface area contributed by atoms with Crippen molar-refractivity contribution in [1.82, 2.24) is 4.98 Å². The molecule has 0 unspecified atom stereocenters. The Hall–Kier alpha value is -3.37. The zero-order valence-electron chi connectivity index (χ0n) is 14.7. The second-order valence-corrected chi connectivity index (χ2v) is 6.59. The Kier molecular flexibility index (Phi) is 5.38. The molecule has 27 heavy (non-hydrogen) atoms. The van der Waals surface area contributed by atoms with Gasteiger partial charge in [0.05, 0.1) is 6.61 Å². The van der Waals surface area contributed by atoms with Crippen LogP contribution in [-0.4, -0.2) is 17.6 Å². The van der Waals surface area contributed by atoms with Gasteiger partial charge in [0.25, 0.3) is 5.56 Å². The molecular weight excluding hydrogens is 364 g/mol. The maximum Gasteiger partial charge on any atom is 0.353 e. The molecule has 0 bridgehead atoms. The highest BCUT2D eigenvalue weighted by atomic mass is 32.1. The highest BCUT2D eigenvalue weighted by molar-refractivity contribution is 7.12. The average Bonchev–Trinajstić information content (AvgIpc) is 3.17. The van der Waals surface area contributed by atoms with E-state index in [1.54, 1.807) is 48.7 Å². The number of rotatable bonds is 5. The lowest BCUT2D eigenvalue weighted by Gasteiger charge is -2.13. The number of ether oxygens (including phenoxy) is 2. The van der Waals surface area contributed by atoms with Gasteiger partial charge in [0.1, 0.15) is 16.5 Å². The van der Waals surface area contributed by atoms with E-state index >= 15 is 0 Å². The van der Waals surface area contributed by atoms with E-state index in [0.717, 1.165) is 0 Å². The van der Waals surface area contributed by atoms with E-state index < -0.39 is 11.5 Å². The van der Waals surface area contributed by atoms with E-state index in [-0.39, 0.29) is 11.3 Å². The van der Waals surface area contributed by atoms with E-state index in [2.05, 4.69) is 4.98 Å². The number of esters is 1. The number of pyridine rings is 1. The van der Waals surface area contributed by atoms with Crippen LogP contribution in [0.5, 0.6) is 11.5 Å². The van der Waals surface area contributed by atoms with E-state index in [4.69, 9.17) is 9.47 Å². The Balaban J connectivity index is 2.03. The Morgan fingerprint density at radius 2 is 2.07 bits per heavy atom. The van der Waals surface area contributed by atoms with Crippen LogP contribution in [-0.2, 0) is 0 Å². The third kappa shape index (κ3) is 3.91. The van der Waals surface area contributed by atoms with Gasteiger partial charge in [-0.1, -0.05) is 12.1 Å². The van der Waals surface area contributed by atoms with Crippen molar-refractivity contribution in [2.75, 3.05) is 6.61 Å². The van der Waals surface area contributed by atoms with Crippen molar-refractivity contribution in [2.24, 2.45) is 0 Å². The van der Waals surface area contributed by atoms with Crippen LogP contribution >= 0.6 is 11.3 Å². The van der Waals surface area contributed by atoms with Gasteiger partial charge in [0.15, 0.2) is 11.5 Å². The molecule has 2 aromatic heterocycles. The highest BCUT2D eigenvalue weighted by Gasteiger charge is 2.16. The number of nitrogens with one attached hydrogen (secondary N) is 1. The molecule has 0 saturated heterocycles. The molecule has 0 radical (unpaired) electrons. The van der Waals surface area contributed by atoms with Crippen LogP contribution in [0, 0.1) is 18.3 Å². The zero-order chi connectivity index (χ0) is 19.4. The fourth-order valence-electron chi connectivity index (χ4n) is 2.60. The fraction of sp³-hybridized carbons (Fsp3) is 0.150. The van der Waals surface area contributed by atoms with Gasteiger partial charge in [-0.2, -0.15) is 5.26 Å². The molecule has 0 aliphatic rings. The van der Waals surface area contributed by atoms with Crippen LogP contribution in [0.2, 0.25) is 0 Å². The van der Waals surface area contributed by atoms with Gasteiger partial charge >= 0.3 is 5.97 Å². The number of H-pyrrole nitrogens is 1. The molecule has 7 heteroatoms. The number of aryl methyl sites for hydroxylation is 1. The average molecular weight is 380 g/mol. The summed E-state index contributed by atoms with van der Waals surface area (Å²) in [6, 6.07) is 12.1. The molecule has 3 aromatic rings. The molecule has 1 N–H and O–H groups in total. The number of aromatic amines is 1. The number of benzene rings is 1. The van der Waals surface area contributed by atoms with Crippen molar-refractivity contribution in [1.29, 1.82) is 5.26 Å². The molecule has 0 amide bonds. The van der Waals surface area contributed by atoms with E-state index in [1.165, 1.54) is 11.3 Å². The van der Waals surface area contributed by atoms with Crippen LogP contribution < -0.4 is 15.0 Å². The third-order valence-corrected chi connectivity index (χ3v) is 4.61. The normalized spacial score (nSPS) is 10.3. The number of carbonyl (C=O) groups is 1. The monoisotopic (exact) mass is 380 g/mol. The molecule has 0 aliphatic heterocycles. The first kappa shape index (κ1) is 18.4. The lowest BCUT2D eigenvalue weighted by atomic mass is 10.0. The van der Waals surface area contributed by atoms with Gasteiger partial charge < -0.3 is 14.5 Å². The summed E-state index contributed by atoms with van der Waals surface area (Å²) in [7, 11) is 0. The number of carbonyl (C=O) groups excluding carboxylic acids is 1. The number of thiophene rings is 1. The molecule has 0 saturated carbocycles. The van der Waals surface area contributed by atoms with E-state index in [0.29, 0.717) is 34.1 Å². The van der Waals surface area contributed by atoms with E-state index in [9.17, 15) is 14.9 Å². The maximum atomic E-state index is 12.2. The summed E-state index contributed by atoms with van der Waals surface area (Å²) in [5.74, 6) is 0.171. The lowest BCUT2D eigenvalue weighted by molar-refractivity contribution is 0.0733. The summed E-state index contributed by atoms with van der Waals surface area (Å²) in [4.78, 5) is 27.4. The predicted octanol–water partition coefficient (Wildman–Crippen LogP) is 3.90. The molecule has 0 aliphatic carbocycles. The Morgan fingerprint density at radius 1 is 1.26 bits per heavy atom. The van der Waals surface area contributed by atoms with Crippen LogP contribution in [0.3, 0.4) is 0 Å². The summed E-state index contributed by atoms with van der Waals surface area (Å²) in [5.41, 5.74) is 1.33. The smallest absolute Gasteiger partial charge is 0.353 e. The van der Waals surface area contributed by atoms with Crippen LogP contribution in [0.1, 0.15) is 27.9 Å². The second kappa shape index (κ2) is 7.89. The number of aromatic nitrogens is 1. The van der Waals surface area contributed by atoms with Crippen molar-refractivity contribution in [2.45, 2.75) is 13.8 Å². The fourth-order valence-corrected chi connectivity index (χ4v) is 3.20. The van der Waals surface area contributed by atoms with Gasteiger partial charge in [-0.25, -0.2) is 4.79 Å². The Bertz CT molecular complexity index is 1080.